The van der Waals surface area contributed by atoms with Crippen molar-refractivity contribution in [1.82, 2.24) is 0 Å². The van der Waals surface area contributed by atoms with Crippen LogP contribution in [0.4, 0.5) is 5.00 Å². The quantitative estimate of drug-likeness (QED) is 0.789. The lowest BCUT2D eigenvalue weighted by Crippen LogP contribution is -2.20. The van der Waals surface area contributed by atoms with Gasteiger partial charge in [-0.2, -0.15) is 0 Å². The fraction of sp³-hybridized carbons (Fsp3) is 0.176. The van der Waals surface area contributed by atoms with Crippen molar-refractivity contribution in [1.29, 1.82) is 0 Å². The lowest BCUT2D eigenvalue weighted by molar-refractivity contribution is 0.0692. The summed E-state index contributed by atoms with van der Waals surface area (Å²) >= 11 is 1.40. The largest absolute Gasteiger partial charge is 0.477 e. The summed E-state index contributed by atoms with van der Waals surface area (Å²) < 4.78 is 5.76. The Kier molecular flexibility index (Phi) is 3.92. The van der Waals surface area contributed by atoms with Crippen molar-refractivity contribution >= 4 is 32.6 Å². The van der Waals surface area contributed by atoms with Crippen molar-refractivity contribution < 1.29 is 14.3 Å². The van der Waals surface area contributed by atoms with E-state index in [1.807, 2.05) is 25.2 Å². The molecule has 0 amide bonds. The molecular formula is C17H15NO4S. The number of nitrogens with zero attached hydrogens (tertiary/aromatic N) is 1. The van der Waals surface area contributed by atoms with E-state index in [1.165, 1.54) is 23.0 Å². The molecule has 0 unspecified atom stereocenters. The maximum atomic E-state index is 11.7. The molecule has 0 saturated heterocycles. The molecule has 0 aliphatic rings. The normalized spacial score (nSPS) is 12.3. The molecule has 0 aliphatic heterocycles. The Labute approximate surface area is 136 Å². The minimum absolute atomic E-state index is 0.134. The molecule has 0 spiro atoms. The maximum Gasteiger partial charge on any atom is 0.351 e. The van der Waals surface area contributed by atoms with Crippen LogP contribution in [-0.4, -0.2) is 18.1 Å². The van der Waals surface area contributed by atoms with Crippen LogP contribution in [0.1, 0.15) is 28.9 Å². The second kappa shape index (κ2) is 5.89. The number of anilines is 1. The number of hydrogen-bond donors (Lipinski definition) is 1. The van der Waals surface area contributed by atoms with E-state index in [0.717, 1.165) is 5.00 Å². The third-order valence-electron chi connectivity index (χ3n) is 3.85. The molecule has 1 atom stereocenters. The van der Waals surface area contributed by atoms with E-state index in [9.17, 15) is 9.59 Å². The van der Waals surface area contributed by atoms with Crippen molar-refractivity contribution in [3.05, 3.63) is 64.0 Å². The molecule has 118 valence electrons. The molecule has 23 heavy (non-hydrogen) atoms. The molecule has 5 nitrogen and oxygen atoms in total. The minimum Gasteiger partial charge on any atom is -0.477 e. The van der Waals surface area contributed by atoms with Gasteiger partial charge in [0.25, 0.3) is 0 Å². The summed E-state index contributed by atoms with van der Waals surface area (Å²) in [6.07, 6.45) is 0. The van der Waals surface area contributed by atoms with Crippen LogP contribution in [0.5, 0.6) is 0 Å². The van der Waals surface area contributed by atoms with Crippen molar-refractivity contribution in [3.63, 3.8) is 0 Å². The van der Waals surface area contributed by atoms with Gasteiger partial charge in [-0.25, -0.2) is 9.59 Å². The number of benzene rings is 1. The summed E-state index contributed by atoms with van der Waals surface area (Å²) in [5.74, 6) is -1.28. The van der Waals surface area contributed by atoms with Gasteiger partial charge in [-0.3, -0.25) is 0 Å². The van der Waals surface area contributed by atoms with Crippen LogP contribution >= 0.6 is 11.3 Å². The average Bonchev–Trinajstić information content (AvgIpc) is 2.96. The van der Waals surface area contributed by atoms with Crippen LogP contribution in [-0.2, 0) is 0 Å². The summed E-state index contributed by atoms with van der Waals surface area (Å²) in [4.78, 5) is 24.8. The summed E-state index contributed by atoms with van der Waals surface area (Å²) in [5.41, 5.74) is 0.407. The van der Waals surface area contributed by atoms with Crippen molar-refractivity contribution in [2.24, 2.45) is 0 Å². The number of carbonyl (C=O) groups is 1. The summed E-state index contributed by atoms with van der Waals surface area (Å²) in [5, 5.41) is 9.92. The third kappa shape index (κ3) is 2.85. The molecule has 0 radical (unpaired) electrons. The Hall–Kier alpha value is -2.60. The second-order valence-corrected chi connectivity index (χ2v) is 6.33. The molecule has 0 saturated carbocycles. The fourth-order valence-electron chi connectivity index (χ4n) is 2.37. The van der Waals surface area contributed by atoms with Gasteiger partial charge in [-0.05, 0) is 18.6 Å². The molecule has 0 aliphatic carbocycles. The van der Waals surface area contributed by atoms with Gasteiger partial charge in [0, 0.05) is 13.1 Å². The van der Waals surface area contributed by atoms with Gasteiger partial charge in [0.1, 0.15) is 5.56 Å². The van der Waals surface area contributed by atoms with E-state index in [-0.39, 0.29) is 11.6 Å². The van der Waals surface area contributed by atoms with Gasteiger partial charge in [0.05, 0.1) is 15.7 Å². The van der Waals surface area contributed by atoms with Crippen LogP contribution in [0.3, 0.4) is 0 Å². The number of rotatable bonds is 4. The third-order valence-corrected chi connectivity index (χ3v) is 5.00. The number of aromatic carboxylic acids is 1. The van der Waals surface area contributed by atoms with Crippen LogP contribution in [0, 0.1) is 0 Å². The zero-order chi connectivity index (χ0) is 16.6. The standard InChI is InChI=1S/C17H15NO4S/c1-10(11-6-4-3-5-7-11)18(2)15-9-13-14(23-15)8-12(16(19)20)17(21)22-13/h3-10H,1-2H3,(H,19,20)/t10-/m1/s1. The van der Waals surface area contributed by atoms with E-state index in [4.69, 9.17) is 9.52 Å². The highest BCUT2D eigenvalue weighted by Gasteiger charge is 2.18. The van der Waals surface area contributed by atoms with Gasteiger partial charge in [-0.1, -0.05) is 30.3 Å². The van der Waals surface area contributed by atoms with Gasteiger partial charge in [0.2, 0.25) is 0 Å². The van der Waals surface area contributed by atoms with Crippen LogP contribution < -0.4 is 10.5 Å². The van der Waals surface area contributed by atoms with Crippen molar-refractivity contribution in [3.8, 4) is 0 Å². The minimum atomic E-state index is -1.28. The van der Waals surface area contributed by atoms with Gasteiger partial charge >= 0.3 is 11.6 Å². The fourth-order valence-corrected chi connectivity index (χ4v) is 3.44. The van der Waals surface area contributed by atoms with E-state index < -0.39 is 11.6 Å². The molecule has 0 fully saturated rings. The van der Waals surface area contributed by atoms with Crippen LogP contribution in [0.2, 0.25) is 0 Å². The zero-order valence-corrected chi connectivity index (χ0v) is 13.5. The van der Waals surface area contributed by atoms with E-state index in [1.54, 1.807) is 6.07 Å². The van der Waals surface area contributed by atoms with Gasteiger partial charge in [-0.15, -0.1) is 11.3 Å². The molecule has 1 N–H and O–H groups in total. The Morgan fingerprint density at radius 2 is 1.96 bits per heavy atom. The van der Waals surface area contributed by atoms with E-state index in [0.29, 0.717) is 10.3 Å². The van der Waals surface area contributed by atoms with E-state index in [2.05, 4.69) is 24.0 Å². The number of thiophene rings is 1. The zero-order valence-electron chi connectivity index (χ0n) is 12.6. The lowest BCUT2D eigenvalue weighted by Gasteiger charge is -2.25. The van der Waals surface area contributed by atoms with Crippen molar-refractivity contribution in [2.75, 3.05) is 11.9 Å². The SMILES string of the molecule is C[C@H](c1ccccc1)N(C)c1cc2oc(=O)c(C(=O)O)cc2s1. The smallest absolute Gasteiger partial charge is 0.351 e. The molecule has 1 aromatic carbocycles. The van der Waals surface area contributed by atoms with Gasteiger partial charge in [0.15, 0.2) is 5.58 Å². The summed E-state index contributed by atoms with van der Waals surface area (Å²) in [7, 11) is 1.96. The number of hydrogen-bond acceptors (Lipinski definition) is 5. The highest BCUT2D eigenvalue weighted by atomic mass is 32.1. The Morgan fingerprint density at radius 3 is 2.61 bits per heavy atom. The molecular weight excluding hydrogens is 314 g/mol. The molecule has 6 heteroatoms. The van der Waals surface area contributed by atoms with Gasteiger partial charge < -0.3 is 14.4 Å². The van der Waals surface area contributed by atoms with E-state index >= 15 is 0 Å². The topological polar surface area (TPSA) is 70.8 Å². The Balaban J connectivity index is 2.00. The molecule has 2 heterocycles. The summed E-state index contributed by atoms with van der Waals surface area (Å²) in [6.45, 7) is 2.08. The highest BCUT2D eigenvalue weighted by Crippen LogP contribution is 2.35. The monoisotopic (exact) mass is 329 g/mol. The molecule has 3 aromatic rings. The molecule has 2 aromatic heterocycles. The van der Waals surface area contributed by atoms with Crippen molar-refractivity contribution in [2.45, 2.75) is 13.0 Å². The highest BCUT2D eigenvalue weighted by molar-refractivity contribution is 7.22. The molecule has 0 bridgehead atoms. The number of carboxylic acid groups (broad SMARTS) is 1. The maximum absolute atomic E-state index is 11.7. The first-order valence-electron chi connectivity index (χ1n) is 7.06. The summed E-state index contributed by atoms with van der Waals surface area (Å²) in [6, 6.07) is 13.3. The average molecular weight is 329 g/mol. The van der Waals surface area contributed by atoms with Crippen LogP contribution in [0.15, 0.2) is 51.7 Å². The first kappa shape index (κ1) is 15.3. The predicted octanol–water partition coefficient (Wildman–Crippen LogP) is 3.75. The number of fused-ring (bicyclic) bond motifs is 1. The molecule has 3 rings (SSSR count). The van der Waals surface area contributed by atoms with Crippen LogP contribution in [0.25, 0.3) is 10.3 Å². The first-order chi connectivity index (χ1) is 11.0. The number of carboxylic acids is 1. The predicted molar refractivity (Wildman–Crippen MR) is 90.6 cm³/mol. The Morgan fingerprint density at radius 1 is 1.26 bits per heavy atom. The lowest BCUT2D eigenvalue weighted by atomic mass is 10.1. The first-order valence-corrected chi connectivity index (χ1v) is 7.88. The Bertz CT molecular complexity index is 913. The second-order valence-electron chi connectivity index (χ2n) is 5.26.